The minimum Gasteiger partial charge on any atom is -0.369 e. The van der Waals surface area contributed by atoms with Crippen LogP contribution in [0.3, 0.4) is 0 Å². The molecule has 2 heterocycles. The van der Waals surface area contributed by atoms with Crippen molar-refractivity contribution in [1.29, 1.82) is 0 Å². The van der Waals surface area contributed by atoms with Gasteiger partial charge in [-0.1, -0.05) is 25.1 Å². The first kappa shape index (κ1) is 13.4. The fourth-order valence-electron chi connectivity index (χ4n) is 3.05. The molecule has 3 heteroatoms. The van der Waals surface area contributed by atoms with Crippen molar-refractivity contribution in [3.05, 3.63) is 36.0 Å². The highest BCUT2D eigenvalue weighted by atomic mass is 15.2. The summed E-state index contributed by atoms with van der Waals surface area (Å²) in [5.41, 5.74) is 3.54. The summed E-state index contributed by atoms with van der Waals surface area (Å²) in [7, 11) is 0. The molecule has 0 bridgehead atoms. The predicted octanol–water partition coefficient (Wildman–Crippen LogP) is 2.98. The Labute approximate surface area is 121 Å². The van der Waals surface area contributed by atoms with E-state index in [4.69, 9.17) is 4.98 Å². The van der Waals surface area contributed by atoms with Gasteiger partial charge in [0.2, 0.25) is 0 Å². The summed E-state index contributed by atoms with van der Waals surface area (Å²) < 4.78 is 0. The van der Waals surface area contributed by atoms with E-state index in [1.54, 1.807) is 0 Å². The monoisotopic (exact) mass is 269 g/mol. The van der Waals surface area contributed by atoms with Crippen LogP contribution in [-0.2, 0) is 0 Å². The SMILES string of the molecule is CCNCC1CCN(c2cccc3ccc(C)nc23)C1. The number of aryl methyl sites for hydroxylation is 1. The van der Waals surface area contributed by atoms with Crippen LogP contribution in [0.15, 0.2) is 30.3 Å². The molecule has 2 aromatic rings. The Balaban J connectivity index is 1.86. The largest absolute Gasteiger partial charge is 0.369 e. The topological polar surface area (TPSA) is 28.2 Å². The zero-order valence-electron chi connectivity index (χ0n) is 12.4. The maximum Gasteiger partial charge on any atom is 0.0938 e. The van der Waals surface area contributed by atoms with Crippen LogP contribution in [0.5, 0.6) is 0 Å². The molecular formula is C17H23N3. The van der Waals surface area contributed by atoms with E-state index < -0.39 is 0 Å². The minimum atomic E-state index is 0.759. The van der Waals surface area contributed by atoms with E-state index in [9.17, 15) is 0 Å². The quantitative estimate of drug-likeness (QED) is 0.925. The lowest BCUT2D eigenvalue weighted by molar-refractivity contribution is 0.528. The molecule has 0 saturated carbocycles. The molecular weight excluding hydrogens is 246 g/mol. The second kappa shape index (κ2) is 5.80. The molecule has 1 unspecified atom stereocenters. The van der Waals surface area contributed by atoms with Gasteiger partial charge >= 0.3 is 0 Å². The lowest BCUT2D eigenvalue weighted by Crippen LogP contribution is -2.26. The molecule has 1 aliphatic rings. The number of para-hydroxylation sites is 1. The zero-order valence-corrected chi connectivity index (χ0v) is 12.4. The van der Waals surface area contributed by atoms with E-state index in [0.717, 1.165) is 43.3 Å². The summed E-state index contributed by atoms with van der Waals surface area (Å²) >= 11 is 0. The van der Waals surface area contributed by atoms with Crippen LogP contribution in [0.2, 0.25) is 0 Å². The number of hydrogen-bond donors (Lipinski definition) is 1. The second-order valence-electron chi connectivity index (χ2n) is 5.71. The Morgan fingerprint density at radius 1 is 1.30 bits per heavy atom. The van der Waals surface area contributed by atoms with Crippen molar-refractivity contribution in [2.45, 2.75) is 20.3 Å². The number of benzene rings is 1. The van der Waals surface area contributed by atoms with E-state index >= 15 is 0 Å². The molecule has 0 spiro atoms. The zero-order chi connectivity index (χ0) is 13.9. The van der Waals surface area contributed by atoms with Crippen LogP contribution in [0.25, 0.3) is 10.9 Å². The lowest BCUT2D eigenvalue weighted by Gasteiger charge is -2.20. The van der Waals surface area contributed by atoms with Gasteiger partial charge in [0.1, 0.15) is 0 Å². The van der Waals surface area contributed by atoms with Crippen molar-refractivity contribution in [3.63, 3.8) is 0 Å². The van der Waals surface area contributed by atoms with Crippen LogP contribution in [0, 0.1) is 12.8 Å². The normalized spacial score (nSPS) is 18.9. The molecule has 1 N–H and O–H groups in total. The summed E-state index contributed by atoms with van der Waals surface area (Å²) in [5.74, 6) is 0.759. The van der Waals surface area contributed by atoms with Crippen molar-refractivity contribution in [1.82, 2.24) is 10.3 Å². The average Bonchev–Trinajstić information content (AvgIpc) is 2.93. The summed E-state index contributed by atoms with van der Waals surface area (Å²) in [6.45, 7) is 8.71. The Morgan fingerprint density at radius 2 is 2.20 bits per heavy atom. The molecule has 1 aromatic carbocycles. The lowest BCUT2D eigenvalue weighted by atomic mass is 10.1. The molecule has 0 amide bonds. The van der Waals surface area contributed by atoms with Crippen molar-refractivity contribution in [2.24, 2.45) is 5.92 Å². The van der Waals surface area contributed by atoms with Crippen LogP contribution in [-0.4, -0.2) is 31.2 Å². The van der Waals surface area contributed by atoms with Crippen LogP contribution in [0.1, 0.15) is 19.0 Å². The predicted molar refractivity (Wildman–Crippen MR) is 85.3 cm³/mol. The first-order chi connectivity index (χ1) is 9.78. The molecule has 1 saturated heterocycles. The Morgan fingerprint density at radius 3 is 3.05 bits per heavy atom. The number of rotatable bonds is 4. The van der Waals surface area contributed by atoms with Crippen LogP contribution >= 0.6 is 0 Å². The fourth-order valence-corrected chi connectivity index (χ4v) is 3.05. The molecule has 106 valence electrons. The third kappa shape index (κ3) is 2.63. The third-order valence-corrected chi connectivity index (χ3v) is 4.15. The van der Waals surface area contributed by atoms with E-state index in [1.165, 1.54) is 17.5 Å². The number of pyridine rings is 1. The molecule has 20 heavy (non-hydrogen) atoms. The molecule has 1 atom stereocenters. The van der Waals surface area contributed by atoms with E-state index in [2.05, 4.69) is 54.4 Å². The number of hydrogen-bond acceptors (Lipinski definition) is 3. The highest BCUT2D eigenvalue weighted by molar-refractivity contribution is 5.91. The van der Waals surface area contributed by atoms with Gasteiger partial charge in [-0.25, -0.2) is 0 Å². The maximum absolute atomic E-state index is 4.75. The van der Waals surface area contributed by atoms with E-state index in [-0.39, 0.29) is 0 Å². The molecule has 0 radical (unpaired) electrons. The first-order valence-electron chi connectivity index (χ1n) is 7.60. The summed E-state index contributed by atoms with van der Waals surface area (Å²) in [6.07, 6.45) is 1.27. The van der Waals surface area contributed by atoms with Crippen molar-refractivity contribution < 1.29 is 0 Å². The van der Waals surface area contributed by atoms with Gasteiger partial charge in [0.15, 0.2) is 0 Å². The summed E-state index contributed by atoms with van der Waals surface area (Å²) in [5, 5.41) is 4.71. The summed E-state index contributed by atoms with van der Waals surface area (Å²) in [6, 6.07) is 10.8. The smallest absolute Gasteiger partial charge is 0.0938 e. The highest BCUT2D eigenvalue weighted by Gasteiger charge is 2.23. The van der Waals surface area contributed by atoms with Crippen molar-refractivity contribution in [3.8, 4) is 0 Å². The van der Waals surface area contributed by atoms with Crippen LogP contribution < -0.4 is 10.2 Å². The van der Waals surface area contributed by atoms with E-state index in [1.807, 2.05) is 0 Å². The van der Waals surface area contributed by atoms with Gasteiger partial charge in [0.25, 0.3) is 0 Å². The second-order valence-corrected chi connectivity index (χ2v) is 5.71. The van der Waals surface area contributed by atoms with Gasteiger partial charge in [-0.3, -0.25) is 4.98 Å². The first-order valence-corrected chi connectivity index (χ1v) is 7.60. The average molecular weight is 269 g/mol. The number of aromatic nitrogens is 1. The molecule has 0 aliphatic carbocycles. The van der Waals surface area contributed by atoms with Crippen molar-refractivity contribution >= 4 is 16.6 Å². The molecule has 3 rings (SSSR count). The van der Waals surface area contributed by atoms with Gasteiger partial charge in [-0.15, -0.1) is 0 Å². The minimum absolute atomic E-state index is 0.759. The van der Waals surface area contributed by atoms with Gasteiger partial charge in [0.05, 0.1) is 11.2 Å². The van der Waals surface area contributed by atoms with Gasteiger partial charge < -0.3 is 10.2 Å². The molecule has 1 aromatic heterocycles. The number of anilines is 1. The molecule has 1 fully saturated rings. The Bertz CT molecular complexity index is 594. The highest BCUT2D eigenvalue weighted by Crippen LogP contribution is 2.29. The van der Waals surface area contributed by atoms with Gasteiger partial charge in [0, 0.05) is 24.2 Å². The fraction of sp³-hybridized carbons (Fsp3) is 0.471. The number of fused-ring (bicyclic) bond motifs is 1. The third-order valence-electron chi connectivity index (χ3n) is 4.15. The van der Waals surface area contributed by atoms with Crippen LogP contribution in [0.4, 0.5) is 5.69 Å². The maximum atomic E-state index is 4.75. The van der Waals surface area contributed by atoms with Crippen molar-refractivity contribution in [2.75, 3.05) is 31.1 Å². The molecule has 1 aliphatic heterocycles. The summed E-state index contributed by atoms with van der Waals surface area (Å²) in [4.78, 5) is 7.25. The molecule has 3 nitrogen and oxygen atoms in total. The van der Waals surface area contributed by atoms with E-state index in [0.29, 0.717) is 0 Å². The number of nitrogens with one attached hydrogen (secondary N) is 1. The number of nitrogens with zero attached hydrogens (tertiary/aromatic N) is 2. The van der Waals surface area contributed by atoms with Gasteiger partial charge in [-0.05, 0) is 44.5 Å². The standard InChI is InChI=1S/C17H23N3/c1-3-18-11-14-9-10-20(12-14)16-6-4-5-15-8-7-13(2)19-17(15)16/h4-8,14,18H,3,9-12H2,1-2H3. The van der Waals surface area contributed by atoms with Gasteiger partial charge in [-0.2, -0.15) is 0 Å². The Hall–Kier alpha value is -1.61. The Kier molecular flexibility index (Phi) is 3.88.